The summed E-state index contributed by atoms with van der Waals surface area (Å²) in [6, 6.07) is 5.79. The van der Waals surface area contributed by atoms with E-state index in [9.17, 15) is 9.90 Å². The van der Waals surface area contributed by atoms with Crippen LogP contribution in [0.25, 0.3) is 11.3 Å². The minimum atomic E-state index is -0.572. The first-order valence-corrected chi connectivity index (χ1v) is 4.00. The maximum Gasteiger partial charge on any atom is 0.339 e. The van der Waals surface area contributed by atoms with Gasteiger partial charge in [-0.25, -0.2) is 4.79 Å². The predicted octanol–water partition coefficient (Wildman–Crippen LogP) is 1.41. The van der Waals surface area contributed by atoms with Gasteiger partial charge in [0.05, 0.1) is 6.07 Å². The summed E-state index contributed by atoms with van der Waals surface area (Å²) >= 11 is 0. The summed E-state index contributed by atoms with van der Waals surface area (Å²) in [5.74, 6) is 0.227. The Hall–Kier alpha value is -2.10. The van der Waals surface area contributed by atoms with E-state index in [1.165, 1.54) is 6.07 Å². The van der Waals surface area contributed by atoms with Gasteiger partial charge in [0.15, 0.2) is 0 Å². The van der Waals surface area contributed by atoms with Crippen molar-refractivity contribution in [3.8, 4) is 17.1 Å². The molecule has 2 aromatic heterocycles. The Morgan fingerprint density at radius 2 is 1.93 bits per heavy atom. The smallest absolute Gasteiger partial charge is 0.339 e. The number of pyridine rings is 1. The lowest BCUT2D eigenvalue weighted by Crippen LogP contribution is -1.95. The molecule has 2 heterocycles. The Morgan fingerprint density at radius 1 is 1.21 bits per heavy atom. The number of hydrogen-bond acceptors (Lipinski definition) is 4. The molecular formula is C10H7NO3. The highest BCUT2D eigenvalue weighted by Crippen LogP contribution is 2.19. The molecule has 0 amide bonds. The Kier molecular flexibility index (Phi) is 2.02. The molecule has 0 radical (unpaired) electrons. The first kappa shape index (κ1) is 8.50. The van der Waals surface area contributed by atoms with Gasteiger partial charge in [0, 0.05) is 24.0 Å². The van der Waals surface area contributed by atoms with E-state index in [2.05, 4.69) is 4.98 Å². The van der Waals surface area contributed by atoms with Gasteiger partial charge >= 0.3 is 5.63 Å². The van der Waals surface area contributed by atoms with Gasteiger partial charge in [-0.15, -0.1) is 0 Å². The van der Waals surface area contributed by atoms with E-state index in [-0.39, 0.29) is 5.75 Å². The molecular weight excluding hydrogens is 182 g/mol. The summed E-state index contributed by atoms with van der Waals surface area (Å²) in [6.45, 7) is 0. The van der Waals surface area contributed by atoms with Crippen molar-refractivity contribution in [1.29, 1.82) is 0 Å². The van der Waals surface area contributed by atoms with Crippen LogP contribution in [-0.2, 0) is 0 Å². The number of aromatic hydroxyl groups is 1. The van der Waals surface area contributed by atoms with Crippen LogP contribution in [0.3, 0.4) is 0 Å². The van der Waals surface area contributed by atoms with Gasteiger partial charge in [-0.2, -0.15) is 0 Å². The van der Waals surface area contributed by atoms with Crippen molar-refractivity contribution in [2.24, 2.45) is 0 Å². The molecule has 1 N–H and O–H groups in total. The number of nitrogens with zero attached hydrogens (tertiary/aromatic N) is 1. The second kappa shape index (κ2) is 3.33. The lowest BCUT2D eigenvalue weighted by atomic mass is 10.2. The molecule has 4 heteroatoms. The van der Waals surface area contributed by atoms with E-state index in [1.54, 1.807) is 24.5 Å². The van der Waals surface area contributed by atoms with Crippen molar-refractivity contribution in [1.82, 2.24) is 4.98 Å². The van der Waals surface area contributed by atoms with E-state index in [0.717, 1.165) is 6.07 Å². The van der Waals surface area contributed by atoms with Crippen LogP contribution in [0, 0.1) is 0 Å². The van der Waals surface area contributed by atoms with E-state index >= 15 is 0 Å². The fourth-order valence-corrected chi connectivity index (χ4v) is 1.12. The van der Waals surface area contributed by atoms with Crippen LogP contribution in [-0.4, -0.2) is 10.1 Å². The first-order valence-electron chi connectivity index (χ1n) is 4.00. The van der Waals surface area contributed by atoms with Gasteiger partial charge in [-0.05, 0) is 12.1 Å². The minimum absolute atomic E-state index is 0.104. The minimum Gasteiger partial charge on any atom is -0.508 e. The zero-order valence-electron chi connectivity index (χ0n) is 7.18. The molecule has 0 saturated carbocycles. The van der Waals surface area contributed by atoms with Gasteiger partial charge in [0.1, 0.15) is 11.5 Å². The molecule has 2 rings (SSSR count). The molecule has 2 aromatic rings. The Balaban J connectivity index is 2.58. The Morgan fingerprint density at radius 3 is 2.57 bits per heavy atom. The fraction of sp³-hybridized carbons (Fsp3) is 0. The maximum atomic E-state index is 10.9. The summed E-state index contributed by atoms with van der Waals surface area (Å²) in [7, 11) is 0. The average Bonchev–Trinajstić information content (AvgIpc) is 2.18. The number of hydrogen-bond donors (Lipinski definition) is 1. The van der Waals surface area contributed by atoms with Crippen molar-refractivity contribution in [3.63, 3.8) is 0 Å². The maximum absolute atomic E-state index is 10.9. The van der Waals surface area contributed by atoms with E-state index in [0.29, 0.717) is 11.3 Å². The van der Waals surface area contributed by atoms with Crippen LogP contribution >= 0.6 is 0 Å². The molecule has 0 saturated heterocycles. The summed E-state index contributed by atoms with van der Waals surface area (Å²) < 4.78 is 4.90. The summed E-state index contributed by atoms with van der Waals surface area (Å²) in [6.07, 6.45) is 3.17. The van der Waals surface area contributed by atoms with E-state index in [1.807, 2.05) is 0 Å². The van der Waals surface area contributed by atoms with Gasteiger partial charge in [-0.3, -0.25) is 4.98 Å². The SMILES string of the molecule is O=c1cc(O)cc(-c2ccncc2)o1. The number of rotatable bonds is 1. The molecule has 0 bridgehead atoms. The molecule has 70 valence electrons. The third kappa shape index (κ3) is 1.64. The molecule has 0 aliphatic carbocycles. The highest BCUT2D eigenvalue weighted by Gasteiger charge is 2.02. The van der Waals surface area contributed by atoms with Crippen LogP contribution in [0.4, 0.5) is 0 Å². The second-order valence-electron chi connectivity index (χ2n) is 2.73. The lowest BCUT2D eigenvalue weighted by molar-refractivity contribution is 0.453. The second-order valence-corrected chi connectivity index (χ2v) is 2.73. The van der Waals surface area contributed by atoms with Crippen LogP contribution in [0.2, 0.25) is 0 Å². The molecule has 0 fully saturated rings. The highest BCUT2D eigenvalue weighted by atomic mass is 16.4. The van der Waals surface area contributed by atoms with Gasteiger partial charge in [0.25, 0.3) is 0 Å². The van der Waals surface area contributed by atoms with Gasteiger partial charge in [-0.1, -0.05) is 0 Å². The average molecular weight is 189 g/mol. The van der Waals surface area contributed by atoms with E-state index in [4.69, 9.17) is 4.42 Å². The standard InChI is InChI=1S/C10H7NO3/c12-8-5-9(14-10(13)6-8)7-1-3-11-4-2-7/h1-6,12H. The highest BCUT2D eigenvalue weighted by molar-refractivity contribution is 5.57. The zero-order valence-corrected chi connectivity index (χ0v) is 7.18. The predicted molar refractivity (Wildman–Crippen MR) is 49.9 cm³/mol. The summed E-state index contributed by atoms with van der Waals surface area (Å²) in [4.78, 5) is 14.8. The lowest BCUT2D eigenvalue weighted by Gasteiger charge is -1.98. The fourth-order valence-electron chi connectivity index (χ4n) is 1.12. The molecule has 0 atom stereocenters. The molecule has 0 aliphatic rings. The van der Waals surface area contributed by atoms with Crippen LogP contribution in [0.15, 0.2) is 45.9 Å². The van der Waals surface area contributed by atoms with Crippen LogP contribution < -0.4 is 5.63 Å². The van der Waals surface area contributed by atoms with Crippen molar-refractivity contribution < 1.29 is 9.52 Å². The molecule has 0 spiro atoms. The van der Waals surface area contributed by atoms with Crippen molar-refractivity contribution >= 4 is 0 Å². The van der Waals surface area contributed by atoms with Crippen molar-refractivity contribution in [2.75, 3.05) is 0 Å². The quantitative estimate of drug-likeness (QED) is 0.736. The van der Waals surface area contributed by atoms with Crippen molar-refractivity contribution in [3.05, 3.63) is 47.1 Å². The first-order chi connectivity index (χ1) is 6.75. The molecule has 0 aliphatic heterocycles. The van der Waals surface area contributed by atoms with Gasteiger partial charge < -0.3 is 9.52 Å². The number of aromatic nitrogens is 1. The molecule has 4 nitrogen and oxygen atoms in total. The van der Waals surface area contributed by atoms with Crippen LogP contribution in [0.5, 0.6) is 5.75 Å². The van der Waals surface area contributed by atoms with Gasteiger partial charge in [0.2, 0.25) is 0 Å². The van der Waals surface area contributed by atoms with E-state index < -0.39 is 5.63 Å². The molecule has 0 aromatic carbocycles. The summed E-state index contributed by atoms with van der Waals surface area (Å²) in [5, 5.41) is 9.18. The molecule has 0 unspecified atom stereocenters. The Bertz CT molecular complexity index is 490. The Labute approximate surface area is 79.5 Å². The van der Waals surface area contributed by atoms with Crippen molar-refractivity contribution in [2.45, 2.75) is 0 Å². The molecule has 14 heavy (non-hydrogen) atoms. The topological polar surface area (TPSA) is 63.3 Å². The monoisotopic (exact) mass is 189 g/mol. The third-order valence-electron chi connectivity index (χ3n) is 1.72. The third-order valence-corrected chi connectivity index (χ3v) is 1.72. The normalized spacial score (nSPS) is 10.0. The zero-order chi connectivity index (χ0) is 9.97. The van der Waals surface area contributed by atoms with Crippen LogP contribution in [0.1, 0.15) is 0 Å². The largest absolute Gasteiger partial charge is 0.508 e. The summed E-state index contributed by atoms with van der Waals surface area (Å²) in [5.41, 5.74) is 0.129.